The molecule has 0 aromatic carbocycles. The van der Waals surface area contributed by atoms with Crippen LogP contribution in [0.5, 0.6) is 0 Å². The van der Waals surface area contributed by atoms with Crippen molar-refractivity contribution in [2.24, 2.45) is 0 Å². The molecule has 1 saturated heterocycles. The number of carboxylic acids is 1. The minimum absolute atomic E-state index is 0.212. The highest BCUT2D eigenvalue weighted by Gasteiger charge is 2.12. The summed E-state index contributed by atoms with van der Waals surface area (Å²) in [7, 11) is 1.68. The Balaban J connectivity index is 2.22. The van der Waals surface area contributed by atoms with E-state index in [1.807, 2.05) is 0 Å². The van der Waals surface area contributed by atoms with E-state index in [0.717, 1.165) is 19.6 Å². The van der Waals surface area contributed by atoms with Gasteiger partial charge in [-0.25, -0.2) is 0 Å². The molecule has 0 aliphatic carbocycles. The maximum absolute atomic E-state index is 10.6. The number of carboxylic acid groups (broad SMARTS) is 1. The molecule has 0 spiro atoms. The lowest BCUT2D eigenvalue weighted by atomic mass is 10.1. The molecular weight excluding hydrogens is 232 g/mol. The minimum Gasteiger partial charge on any atom is -0.481 e. The van der Waals surface area contributed by atoms with Gasteiger partial charge in [-0.1, -0.05) is 6.42 Å². The first-order valence-corrected chi connectivity index (χ1v) is 6.88. The monoisotopic (exact) mass is 258 g/mol. The summed E-state index contributed by atoms with van der Waals surface area (Å²) in [6.07, 6.45) is 4.16. The Kier molecular flexibility index (Phi) is 7.96. The second kappa shape index (κ2) is 9.30. The predicted molar refractivity (Wildman–Crippen MR) is 70.9 cm³/mol. The van der Waals surface area contributed by atoms with E-state index in [4.69, 9.17) is 9.84 Å². The van der Waals surface area contributed by atoms with Gasteiger partial charge in [0.1, 0.15) is 0 Å². The summed E-state index contributed by atoms with van der Waals surface area (Å²) in [5, 5.41) is 8.74. The average molecular weight is 258 g/mol. The Morgan fingerprint density at radius 1 is 1.22 bits per heavy atom. The highest BCUT2D eigenvalue weighted by atomic mass is 16.5. The fraction of sp³-hybridized carbons (Fsp3) is 0.923. The number of carbonyl (C=O) groups is 1. The molecule has 0 saturated carbocycles. The highest BCUT2D eigenvalue weighted by Crippen LogP contribution is 2.08. The van der Waals surface area contributed by atoms with E-state index in [1.54, 1.807) is 7.11 Å². The second-order valence-electron chi connectivity index (χ2n) is 4.88. The summed E-state index contributed by atoms with van der Waals surface area (Å²) in [5.74, 6) is -0.726. The van der Waals surface area contributed by atoms with E-state index in [1.165, 1.54) is 32.4 Å². The minimum atomic E-state index is -0.726. The number of hydrogen-bond donors (Lipinski definition) is 1. The molecule has 5 heteroatoms. The van der Waals surface area contributed by atoms with Gasteiger partial charge in [-0.2, -0.15) is 0 Å². The van der Waals surface area contributed by atoms with Gasteiger partial charge in [-0.15, -0.1) is 0 Å². The summed E-state index contributed by atoms with van der Waals surface area (Å²) in [6, 6.07) is 0. The number of hydrogen-bond acceptors (Lipinski definition) is 4. The van der Waals surface area contributed by atoms with Crippen LogP contribution in [0.1, 0.15) is 25.7 Å². The van der Waals surface area contributed by atoms with Crippen LogP contribution in [0, 0.1) is 0 Å². The first kappa shape index (κ1) is 15.4. The maximum atomic E-state index is 10.6. The second-order valence-corrected chi connectivity index (χ2v) is 4.88. The summed E-state index contributed by atoms with van der Waals surface area (Å²) >= 11 is 0. The molecule has 0 bridgehead atoms. The smallest absolute Gasteiger partial charge is 0.304 e. The van der Waals surface area contributed by atoms with Gasteiger partial charge < -0.3 is 14.7 Å². The molecule has 106 valence electrons. The number of methoxy groups -OCH3 is 1. The Morgan fingerprint density at radius 2 is 1.94 bits per heavy atom. The lowest BCUT2D eigenvalue weighted by molar-refractivity contribution is -0.137. The molecule has 1 aliphatic rings. The van der Waals surface area contributed by atoms with E-state index in [-0.39, 0.29) is 6.42 Å². The van der Waals surface area contributed by atoms with Crippen LogP contribution in [-0.4, -0.2) is 73.9 Å². The van der Waals surface area contributed by atoms with Crippen LogP contribution in [0.3, 0.4) is 0 Å². The molecule has 5 nitrogen and oxygen atoms in total. The molecule has 0 aromatic heterocycles. The zero-order valence-electron chi connectivity index (χ0n) is 11.4. The lowest BCUT2D eigenvalue weighted by Gasteiger charge is -2.29. The standard InChI is InChI=1S/C13H26N2O3/c1-18-12-11-15(8-5-13(16)17)10-9-14-6-3-2-4-7-14/h2-12H2,1H3,(H,16,17). The number of rotatable bonds is 9. The topological polar surface area (TPSA) is 53.0 Å². The molecule has 1 rings (SSSR count). The molecule has 0 aromatic rings. The van der Waals surface area contributed by atoms with Crippen molar-refractivity contribution < 1.29 is 14.6 Å². The number of piperidine rings is 1. The van der Waals surface area contributed by atoms with Crippen molar-refractivity contribution in [2.75, 3.05) is 53.0 Å². The molecule has 1 fully saturated rings. The van der Waals surface area contributed by atoms with Gasteiger partial charge in [0.05, 0.1) is 13.0 Å². The number of ether oxygens (including phenoxy) is 1. The van der Waals surface area contributed by atoms with Crippen molar-refractivity contribution in [2.45, 2.75) is 25.7 Å². The Morgan fingerprint density at radius 3 is 2.56 bits per heavy atom. The van der Waals surface area contributed by atoms with Gasteiger partial charge >= 0.3 is 5.97 Å². The molecule has 1 heterocycles. The molecule has 0 atom stereocenters. The predicted octanol–water partition coefficient (Wildman–Crippen LogP) is 0.895. The maximum Gasteiger partial charge on any atom is 0.304 e. The van der Waals surface area contributed by atoms with Crippen LogP contribution >= 0.6 is 0 Å². The van der Waals surface area contributed by atoms with E-state index in [0.29, 0.717) is 13.2 Å². The zero-order chi connectivity index (χ0) is 13.2. The van der Waals surface area contributed by atoms with Gasteiger partial charge in [0.15, 0.2) is 0 Å². The van der Waals surface area contributed by atoms with Gasteiger partial charge in [0, 0.05) is 33.3 Å². The van der Waals surface area contributed by atoms with E-state index < -0.39 is 5.97 Å². The number of likely N-dealkylation sites (tertiary alicyclic amines) is 1. The van der Waals surface area contributed by atoms with Gasteiger partial charge in [-0.3, -0.25) is 9.69 Å². The normalized spacial score (nSPS) is 17.2. The first-order valence-electron chi connectivity index (χ1n) is 6.88. The molecule has 1 N–H and O–H groups in total. The van der Waals surface area contributed by atoms with Crippen LogP contribution in [0.15, 0.2) is 0 Å². The zero-order valence-corrected chi connectivity index (χ0v) is 11.4. The van der Waals surface area contributed by atoms with Crippen LogP contribution in [-0.2, 0) is 9.53 Å². The molecule has 1 aliphatic heterocycles. The molecular formula is C13H26N2O3. The third-order valence-electron chi connectivity index (χ3n) is 3.43. The lowest BCUT2D eigenvalue weighted by Crippen LogP contribution is -2.39. The summed E-state index contributed by atoms with van der Waals surface area (Å²) < 4.78 is 5.07. The van der Waals surface area contributed by atoms with Gasteiger partial charge in [-0.05, 0) is 25.9 Å². The van der Waals surface area contributed by atoms with Crippen LogP contribution < -0.4 is 0 Å². The quantitative estimate of drug-likeness (QED) is 0.666. The fourth-order valence-corrected chi connectivity index (χ4v) is 2.28. The summed E-state index contributed by atoms with van der Waals surface area (Å²) in [6.45, 7) is 6.47. The van der Waals surface area contributed by atoms with Crippen LogP contribution in [0.2, 0.25) is 0 Å². The van der Waals surface area contributed by atoms with Crippen molar-refractivity contribution in [3.8, 4) is 0 Å². The number of nitrogens with zero attached hydrogens (tertiary/aromatic N) is 2. The van der Waals surface area contributed by atoms with Crippen LogP contribution in [0.4, 0.5) is 0 Å². The third kappa shape index (κ3) is 6.93. The van der Waals surface area contributed by atoms with Gasteiger partial charge in [0.2, 0.25) is 0 Å². The molecule has 0 amide bonds. The van der Waals surface area contributed by atoms with Crippen molar-refractivity contribution >= 4 is 5.97 Å². The van der Waals surface area contributed by atoms with Crippen molar-refractivity contribution in [1.29, 1.82) is 0 Å². The van der Waals surface area contributed by atoms with Crippen molar-refractivity contribution in [1.82, 2.24) is 9.80 Å². The van der Waals surface area contributed by atoms with Crippen molar-refractivity contribution in [3.63, 3.8) is 0 Å². The first-order chi connectivity index (χ1) is 8.72. The summed E-state index contributed by atoms with van der Waals surface area (Å²) in [4.78, 5) is 15.3. The fourth-order valence-electron chi connectivity index (χ4n) is 2.28. The van der Waals surface area contributed by atoms with Gasteiger partial charge in [0.25, 0.3) is 0 Å². The Bertz CT molecular complexity index is 230. The molecule has 0 radical (unpaired) electrons. The molecule has 18 heavy (non-hydrogen) atoms. The average Bonchev–Trinajstić information content (AvgIpc) is 2.39. The van der Waals surface area contributed by atoms with E-state index >= 15 is 0 Å². The Labute approximate surface area is 110 Å². The van der Waals surface area contributed by atoms with Crippen LogP contribution in [0.25, 0.3) is 0 Å². The number of aliphatic carboxylic acids is 1. The third-order valence-corrected chi connectivity index (χ3v) is 3.43. The highest BCUT2D eigenvalue weighted by molar-refractivity contribution is 5.66. The SMILES string of the molecule is COCCN(CCC(=O)O)CCN1CCCCC1. The largest absolute Gasteiger partial charge is 0.481 e. The Hall–Kier alpha value is -0.650. The van der Waals surface area contributed by atoms with E-state index in [2.05, 4.69) is 9.80 Å². The molecule has 0 unspecified atom stereocenters. The summed E-state index contributed by atoms with van der Waals surface area (Å²) in [5.41, 5.74) is 0. The van der Waals surface area contributed by atoms with E-state index in [9.17, 15) is 4.79 Å². The van der Waals surface area contributed by atoms with Crippen molar-refractivity contribution in [3.05, 3.63) is 0 Å².